The highest BCUT2D eigenvalue weighted by Crippen LogP contribution is 2.12. The Morgan fingerprint density at radius 3 is 2.82 bits per heavy atom. The fourth-order valence-corrected chi connectivity index (χ4v) is 1.80. The first kappa shape index (κ1) is 13.8. The summed E-state index contributed by atoms with van der Waals surface area (Å²) >= 11 is 0. The van der Waals surface area contributed by atoms with Crippen molar-refractivity contribution in [2.45, 2.75) is 32.6 Å². The number of carbonyl (C=O) groups is 1. The van der Waals surface area contributed by atoms with E-state index in [-0.39, 0.29) is 11.6 Å². The van der Waals surface area contributed by atoms with E-state index in [4.69, 9.17) is 5.73 Å². The van der Waals surface area contributed by atoms with Gasteiger partial charge < -0.3 is 5.73 Å². The summed E-state index contributed by atoms with van der Waals surface area (Å²) in [6.07, 6.45) is 2.70. The van der Waals surface area contributed by atoms with Gasteiger partial charge in [0, 0.05) is 12.8 Å². The van der Waals surface area contributed by atoms with Gasteiger partial charge in [0.15, 0.2) is 0 Å². The number of nitrogens with two attached hydrogens (primary N) is 1. The summed E-state index contributed by atoms with van der Waals surface area (Å²) < 4.78 is 12.9. The molecule has 0 spiro atoms. The van der Waals surface area contributed by atoms with Crippen molar-refractivity contribution in [3.63, 3.8) is 0 Å². The van der Waals surface area contributed by atoms with Gasteiger partial charge >= 0.3 is 0 Å². The van der Waals surface area contributed by atoms with E-state index in [1.807, 2.05) is 0 Å². The zero-order valence-electron chi connectivity index (χ0n) is 10.3. The predicted octanol–water partition coefficient (Wildman–Crippen LogP) is 2.70. The maximum Gasteiger partial charge on any atom is 0.137 e. The Morgan fingerprint density at radius 1 is 1.41 bits per heavy atom. The fraction of sp³-hybridized carbons (Fsp3) is 0.500. The van der Waals surface area contributed by atoms with Gasteiger partial charge in [0.05, 0.1) is 0 Å². The lowest BCUT2D eigenvalue weighted by Crippen LogP contribution is -2.09. The molecule has 17 heavy (non-hydrogen) atoms. The fourth-order valence-electron chi connectivity index (χ4n) is 1.80. The van der Waals surface area contributed by atoms with E-state index in [0.29, 0.717) is 25.3 Å². The Balaban J connectivity index is 2.34. The highest BCUT2D eigenvalue weighted by molar-refractivity contribution is 5.80. The minimum Gasteiger partial charge on any atom is -0.330 e. The molecule has 0 aliphatic carbocycles. The van der Waals surface area contributed by atoms with Gasteiger partial charge in [0.25, 0.3) is 0 Å². The van der Waals surface area contributed by atoms with Crippen LogP contribution in [0.4, 0.5) is 4.39 Å². The van der Waals surface area contributed by atoms with Crippen LogP contribution in [-0.4, -0.2) is 12.3 Å². The maximum atomic E-state index is 12.9. The first-order valence-electron chi connectivity index (χ1n) is 6.08. The zero-order valence-corrected chi connectivity index (χ0v) is 10.3. The Morgan fingerprint density at radius 2 is 2.18 bits per heavy atom. The van der Waals surface area contributed by atoms with Gasteiger partial charge in [-0.3, -0.25) is 4.79 Å². The van der Waals surface area contributed by atoms with Crippen LogP contribution < -0.4 is 5.73 Å². The number of rotatable bonds is 7. The molecular formula is C14H20FNO. The van der Waals surface area contributed by atoms with Crippen molar-refractivity contribution in [2.24, 2.45) is 11.7 Å². The van der Waals surface area contributed by atoms with Gasteiger partial charge in [-0.05, 0) is 43.0 Å². The highest BCUT2D eigenvalue weighted by atomic mass is 19.1. The SMILES string of the molecule is CC(CCN)CCC(=O)Cc1cccc(F)c1. The first-order chi connectivity index (χ1) is 8.11. The van der Waals surface area contributed by atoms with Crippen LogP contribution in [0.2, 0.25) is 0 Å². The van der Waals surface area contributed by atoms with Crippen LogP contribution in [-0.2, 0) is 11.2 Å². The molecular weight excluding hydrogens is 217 g/mol. The number of carbonyl (C=O) groups excluding carboxylic acids is 1. The van der Waals surface area contributed by atoms with Crippen LogP contribution in [0.15, 0.2) is 24.3 Å². The molecule has 0 heterocycles. The average molecular weight is 237 g/mol. The second kappa shape index (κ2) is 7.17. The third kappa shape index (κ3) is 5.59. The molecule has 3 heteroatoms. The predicted molar refractivity (Wildman–Crippen MR) is 67.2 cm³/mol. The topological polar surface area (TPSA) is 43.1 Å². The van der Waals surface area contributed by atoms with Gasteiger partial charge in [-0.1, -0.05) is 19.1 Å². The molecule has 1 atom stereocenters. The Hall–Kier alpha value is -1.22. The monoisotopic (exact) mass is 237 g/mol. The molecule has 0 amide bonds. The van der Waals surface area contributed by atoms with Crippen molar-refractivity contribution in [3.05, 3.63) is 35.6 Å². The second-order valence-corrected chi connectivity index (χ2v) is 4.57. The number of hydrogen-bond donors (Lipinski definition) is 1. The van der Waals surface area contributed by atoms with Crippen molar-refractivity contribution >= 4 is 5.78 Å². The van der Waals surface area contributed by atoms with E-state index in [1.165, 1.54) is 12.1 Å². The minimum absolute atomic E-state index is 0.166. The van der Waals surface area contributed by atoms with E-state index >= 15 is 0 Å². The van der Waals surface area contributed by atoms with Crippen LogP contribution in [0, 0.1) is 11.7 Å². The first-order valence-corrected chi connectivity index (χ1v) is 6.08. The third-order valence-electron chi connectivity index (χ3n) is 2.87. The van der Waals surface area contributed by atoms with E-state index in [2.05, 4.69) is 6.92 Å². The van der Waals surface area contributed by atoms with Crippen LogP contribution >= 0.6 is 0 Å². The number of benzene rings is 1. The summed E-state index contributed by atoms with van der Waals surface area (Å²) in [7, 11) is 0. The Kier molecular flexibility index (Phi) is 5.84. The van der Waals surface area contributed by atoms with E-state index in [9.17, 15) is 9.18 Å². The number of halogens is 1. The van der Waals surface area contributed by atoms with Crippen molar-refractivity contribution in [1.29, 1.82) is 0 Å². The molecule has 2 N–H and O–H groups in total. The molecule has 0 aliphatic heterocycles. The van der Waals surface area contributed by atoms with Gasteiger partial charge in [-0.15, -0.1) is 0 Å². The normalized spacial score (nSPS) is 12.4. The van der Waals surface area contributed by atoms with Gasteiger partial charge in [-0.2, -0.15) is 0 Å². The van der Waals surface area contributed by atoms with Crippen LogP contribution in [0.1, 0.15) is 31.7 Å². The average Bonchev–Trinajstić information content (AvgIpc) is 2.27. The largest absolute Gasteiger partial charge is 0.330 e. The lowest BCUT2D eigenvalue weighted by atomic mass is 9.98. The molecule has 2 nitrogen and oxygen atoms in total. The van der Waals surface area contributed by atoms with Crippen molar-refractivity contribution in [3.8, 4) is 0 Å². The number of Topliss-reactive ketones (excluding diaryl/α,β-unsaturated/α-hetero) is 1. The molecule has 1 unspecified atom stereocenters. The molecule has 1 aromatic rings. The molecule has 0 aliphatic rings. The van der Waals surface area contributed by atoms with Crippen molar-refractivity contribution in [2.75, 3.05) is 6.54 Å². The summed E-state index contributed by atoms with van der Waals surface area (Å²) in [6.45, 7) is 2.77. The molecule has 0 saturated heterocycles. The summed E-state index contributed by atoms with van der Waals surface area (Å²) in [4.78, 5) is 11.7. The van der Waals surface area contributed by atoms with Crippen molar-refractivity contribution < 1.29 is 9.18 Å². The van der Waals surface area contributed by atoms with E-state index < -0.39 is 0 Å². The van der Waals surface area contributed by atoms with Gasteiger partial charge in [-0.25, -0.2) is 4.39 Å². The molecule has 0 saturated carbocycles. The standard InChI is InChI=1S/C14H20FNO/c1-11(7-8-16)5-6-14(17)10-12-3-2-4-13(15)9-12/h2-4,9,11H,5-8,10,16H2,1H3. The third-order valence-corrected chi connectivity index (χ3v) is 2.87. The van der Waals surface area contributed by atoms with E-state index in [0.717, 1.165) is 18.4 Å². The summed E-state index contributed by atoms with van der Waals surface area (Å²) in [5, 5.41) is 0. The smallest absolute Gasteiger partial charge is 0.137 e. The minimum atomic E-state index is -0.285. The van der Waals surface area contributed by atoms with Gasteiger partial charge in [0.1, 0.15) is 11.6 Å². The van der Waals surface area contributed by atoms with E-state index in [1.54, 1.807) is 12.1 Å². The molecule has 0 bridgehead atoms. The summed E-state index contributed by atoms with van der Waals surface area (Å²) in [6, 6.07) is 6.22. The molecule has 1 rings (SSSR count). The molecule has 94 valence electrons. The highest BCUT2D eigenvalue weighted by Gasteiger charge is 2.07. The zero-order chi connectivity index (χ0) is 12.7. The second-order valence-electron chi connectivity index (χ2n) is 4.57. The number of ketones is 1. The summed E-state index contributed by atoms with van der Waals surface area (Å²) in [5.41, 5.74) is 6.20. The van der Waals surface area contributed by atoms with Crippen LogP contribution in [0.25, 0.3) is 0 Å². The molecule has 0 aromatic heterocycles. The Labute approximate surface area is 102 Å². The lowest BCUT2D eigenvalue weighted by Gasteiger charge is -2.08. The summed E-state index contributed by atoms with van der Waals surface area (Å²) in [5.74, 6) is 0.364. The maximum absolute atomic E-state index is 12.9. The molecule has 0 radical (unpaired) electrons. The molecule has 0 fully saturated rings. The molecule has 1 aromatic carbocycles. The lowest BCUT2D eigenvalue weighted by molar-refractivity contribution is -0.118. The number of hydrogen-bond acceptors (Lipinski definition) is 2. The Bertz CT molecular complexity index is 365. The quantitative estimate of drug-likeness (QED) is 0.792. The van der Waals surface area contributed by atoms with Crippen LogP contribution in [0.5, 0.6) is 0 Å². The van der Waals surface area contributed by atoms with Crippen LogP contribution in [0.3, 0.4) is 0 Å². The van der Waals surface area contributed by atoms with Crippen molar-refractivity contribution in [1.82, 2.24) is 0 Å². The van der Waals surface area contributed by atoms with Gasteiger partial charge in [0.2, 0.25) is 0 Å².